The lowest BCUT2D eigenvalue weighted by atomic mass is 9.76. The Morgan fingerprint density at radius 2 is 1.40 bits per heavy atom. The summed E-state index contributed by atoms with van der Waals surface area (Å²) in [6.07, 6.45) is 3.41. The van der Waals surface area contributed by atoms with E-state index in [1.54, 1.807) is 27.4 Å². The summed E-state index contributed by atoms with van der Waals surface area (Å²) in [6, 6.07) is 18.2. The molecule has 4 aromatic carbocycles. The first-order valence-electron chi connectivity index (χ1n) is 15.5. The van der Waals surface area contributed by atoms with Crippen LogP contribution in [0.4, 0.5) is 0 Å². The maximum Gasteiger partial charge on any atom is 0.177 e. The molecular weight excluding hydrogens is 568 g/mol. The summed E-state index contributed by atoms with van der Waals surface area (Å²) in [7, 11) is 9.21. The number of phenolic OH excluding ortho intramolecular Hbond substituents is 2. The molecule has 1 aliphatic carbocycles. The highest BCUT2D eigenvalue weighted by molar-refractivity contribution is 5.88. The normalized spacial score (nSPS) is 18.9. The van der Waals surface area contributed by atoms with Gasteiger partial charge in [0, 0.05) is 36.3 Å². The second kappa shape index (κ2) is 11.5. The summed E-state index contributed by atoms with van der Waals surface area (Å²) in [5, 5.41) is 22.6. The molecule has 8 heteroatoms. The van der Waals surface area contributed by atoms with E-state index in [1.807, 2.05) is 24.3 Å². The van der Waals surface area contributed by atoms with E-state index >= 15 is 0 Å². The fraction of sp³-hybridized carbons (Fsp3) is 0.351. The van der Waals surface area contributed by atoms with Crippen LogP contribution in [0.25, 0.3) is 11.1 Å². The highest BCUT2D eigenvalue weighted by Gasteiger charge is 2.38. The highest BCUT2D eigenvalue weighted by Crippen LogP contribution is 2.56. The number of aromatic hydroxyl groups is 2. The highest BCUT2D eigenvalue weighted by atomic mass is 16.5. The van der Waals surface area contributed by atoms with Crippen LogP contribution in [0.5, 0.6) is 40.2 Å². The van der Waals surface area contributed by atoms with E-state index < -0.39 is 0 Å². The Balaban J connectivity index is 1.21. The van der Waals surface area contributed by atoms with Crippen molar-refractivity contribution in [3.8, 4) is 51.4 Å². The topological polar surface area (TPSA) is 83.9 Å². The van der Waals surface area contributed by atoms with E-state index in [9.17, 15) is 10.2 Å². The van der Waals surface area contributed by atoms with Crippen LogP contribution in [0.3, 0.4) is 0 Å². The predicted molar refractivity (Wildman–Crippen MR) is 173 cm³/mol. The summed E-state index contributed by atoms with van der Waals surface area (Å²) in [4.78, 5) is 4.72. The van der Waals surface area contributed by atoms with Gasteiger partial charge in [-0.2, -0.15) is 0 Å². The molecule has 0 saturated carbocycles. The number of fused-ring (bicyclic) bond motifs is 3. The molecule has 2 N–H and O–H groups in total. The van der Waals surface area contributed by atoms with Gasteiger partial charge in [0.05, 0.1) is 21.3 Å². The van der Waals surface area contributed by atoms with Crippen molar-refractivity contribution in [2.75, 3.05) is 48.5 Å². The van der Waals surface area contributed by atoms with E-state index in [0.717, 1.165) is 72.5 Å². The molecule has 8 nitrogen and oxygen atoms in total. The van der Waals surface area contributed by atoms with Crippen molar-refractivity contribution in [1.82, 2.24) is 9.80 Å². The molecule has 45 heavy (non-hydrogen) atoms. The molecule has 2 atom stereocenters. The second-order valence-electron chi connectivity index (χ2n) is 12.4. The Kier molecular flexibility index (Phi) is 7.50. The SMILES string of the molecule is COc1cc2c(cc1OC)[C@H](Cc1ccc(Oc3c(O)ccc4c3-c3c(O)c(OC)cc5c3[C@@H](C4)N(C)CC5)cc1)N(C)CC2. The summed E-state index contributed by atoms with van der Waals surface area (Å²) in [5.41, 5.74) is 8.41. The monoisotopic (exact) mass is 608 g/mol. The zero-order valence-corrected chi connectivity index (χ0v) is 26.5. The Bertz CT molecular complexity index is 1770. The van der Waals surface area contributed by atoms with Crippen molar-refractivity contribution in [1.29, 1.82) is 0 Å². The van der Waals surface area contributed by atoms with Crippen molar-refractivity contribution < 1.29 is 29.2 Å². The summed E-state index contributed by atoms with van der Waals surface area (Å²) >= 11 is 0. The van der Waals surface area contributed by atoms with E-state index in [1.165, 1.54) is 16.7 Å². The minimum absolute atomic E-state index is 0.0289. The first-order chi connectivity index (χ1) is 21.8. The van der Waals surface area contributed by atoms with Crippen LogP contribution in [0.1, 0.15) is 45.5 Å². The number of phenols is 2. The zero-order valence-electron chi connectivity index (χ0n) is 26.5. The first kappa shape index (κ1) is 29.3. The van der Waals surface area contributed by atoms with Crippen molar-refractivity contribution in [2.45, 2.75) is 37.8 Å². The molecule has 2 heterocycles. The lowest BCUT2D eigenvalue weighted by Crippen LogP contribution is -2.35. The lowest BCUT2D eigenvalue weighted by Gasteiger charge is -2.40. The van der Waals surface area contributed by atoms with E-state index in [2.05, 4.69) is 48.2 Å². The fourth-order valence-corrected chi connectivity index (χ4v) is 7.47. The largest absolute Gasteiger partial charge is 0.504 e. The van der Waals surface area contributed by atoms with Crippen LogP contribution < -0.4 is 18.9 Å². The lowest BCUT2D eigenvalue weighted by molar-refractivity contribution is 0.226. The molecule has 4 aromatic rings. The standard InChI is InChI=1S/C37H40N2O6/c1-38-14-12-22-18-30(42-3)31(43-4)20-26(22)27(38)16-21-6-9-25(10-7-21)45-37-29(40)11-8-23-17-28-33-24(13-15-39(28)2)19-32(44-5)36(41)35(33)34(23)37/h6-11,18-20,27-28,40-41H,12-17H2,1-5H3/t27-,28+/m0/s1. The molecule has 0 radical (unpaired) electrons. The molecule has 3 aliphatic rings. The van der Waals surface area contributed by atoms with Gasteiger partial charge in [-0.1, -0.05) is 18.2 Å². The van der Waals surface area contributed by atoms with E-state index in [-0.39, 0.29) is 23.6 Å². The van der Waals surface area contributed by atoms with Crippen LogP contribution in [-0.2, 0) is 25.7 Å². The first-order valence-corrected chi connectivity index (χ1v) is 15.5. The van der Waals surface area contributed by atoms with Crippen LogP contribution in [-0.4, -0.2) is 68.5 Å². The van der Waals surface area contributed by atoms with Crippen LogP contribution in [0.15, 0.2) is 54.6 Å². The van der Waals surface area contributed by atoms with Gasteiger partial charge in [0.1, 0.15) is 5.75 Å². The number of ether oxygens (including phenoxy) is 4. The van der Waals surface area contributed by atoms with Crippen molar-refractivity contribution in [3.05, 3.63) is 88.0 Å². The van der Waals surface area contributed by atoms with Gasteiger partial charge in [0.2, 0.25) is 0 Å². The molecule has 0 unspecified atom stereocenters. The minimum Gasteiger partial charge on any atom is -0.504 e. The van der Waals surface area contributed by atoms with Gasteiger partial charge in [0.15, 0.2) is 34.5 Å². The summed E-state index contributed by atoms with van der Waals surface area (Å²) in [6.45, 7) is 1.89. The van der Waals surface area contributed by atoms with Crippen molar-refractivity contribution in [3.63, 3.8) is 0 Å². The predicted octanol–water partition coefficient (Wildman–Crippen LogP) is 6.44. The third-order valence-corrected chi connectivity index (χ3v) is 9.94. The van der Waals surface area contributed by atoms with Gasteiger partial charge >= 0.3 is 0 Å². The summed E-state index contributed by atoms with van der Waals surface area (Å²) in [5.74, 6) is 3.01. The molecule has 234 valence electrons. The second-order valence-corrected chi connectivity index (χ2v) is 12.4. The van der Waals surface area contributed by atoms with Crippen molar-refractivity contribution >= 4 is 0 Å². The Hall–Kier alpha value is -4.40. The fourth-order valence-electron chi connectivity index (χ4n) is 7.47. The van der Waals surface area contributed by atoms with Gasteiger partial charge in [-0.25, -0.2) is 0 Å². The summed E-state index contributed by atoms with van der Waals surface area (Å²) < 4.78 is 23.2. The average Bonchev–Trinajstić information content (AvgIpc) is 3.06. The van der Waals surface area contributed by atoms with Gasteiger partial charge in [-0.3, -0.25) is 9.80 Å². The molecule has 0 saturated heterocycles. The molecule has 0 spiro atoms. The third kappa shape index (κ3) is 4.93. The number of rotatable bonds is 7. The van der Waals surface area contributed by atoms with Gasteiger partial charge in [-0.15, -0.1) is 0 Å². The number of nitrogens with zero attached hydrogens (tertiary/aromatic N) is 2. The molecule has 0 bridgehead atoms. The maximum atomic E-state index is 11.5. The molecule has 7 rings (SSSR count). The molecular formula is C37H40N2O6. The Morgan fingerprint density at radius 3 is 2.13 bits per heavy atom. The number of benzene rings is 4. The van der Waals surface area contributed by atoms with Crippen molar-refractivity contribution in [2.24, 2.45) is 0 Å². The molecule has 0 aromatic heterocycles. The molecule has 2 aliphatic heterocycles. The van der Waals surface area contributed by atoms with Crippen LogP contribution in [0.2, 0.25) is 0 Å². The quantitative estimate of drug-likeness (QED) is 0.248. The number of methoxy groups -OCH3 is 3. The third-order valence-electron chi connectivity index (χ3n) is 9.94. The van der Waals surface area contributed by atoms with Crippen LogP contribution >= 0.6 is 0 Å². The van der Waals surface area contributed by atoms with E-state index in [0.29, 0.717) is 22.8 Å². The molecule has 0 fully saturated rings. The number of likely N-dealkylation sites (N-methyl/N-ethyl adjacent to an activating group) is 2. The number of hydrogen-bond donors (Lipinski definition) is 2. The average molecular weight is 609 g/mol. The smallest absolute Gasteiger partial charge is 0.177 e. The van der Waals surface area contributed by atoms with Crippen LogP contribution in [0, 0.1) is 0 Å². The van der Waals surface area contributed by atoms with Gasteiger partial charge in [-0.05, 0) is 110 Å². The Morgan fingerprint density at radius 1 is 0.733 bits per heavy atom. The minimum atomic E-state index is 0.0289. The number of hydrogen-bond acceptors (Lipinski definition) is 8. The van der Waals surface area contributed by atoms with E-state index in [4.69, 9.17) is 18.9 Å². The zero-order chi connectivity index (χ0) is 31.4. The maximum absolute atomic E-state index is 11.5. The Labute approximate surface area is 264 Å². The van der Waals surface area contributed by atoms with Gasteiger partial charge in [0.25, 0.3) is 0 Å². The van der Waals surface area contributed by atoms with Gasteiger partial charge < -0.3 is 29.2 Å². The molecule has 0 amide bonds.